The number of aromatic nitrogens is 3. The fraction of sp³-hybridized carbons (Fsp3) is 0.417. The second kappa shape index (κ2) is 8.73. The Balaban J connectivity index is 1.56. The van der Waals surface area contributed by atoms with Crippen molar-refractivity contribution in [3.8, 4) is 11.3 Å². The molecule has 33 heavy (non-hydrogen) atoms. The fourth-order valence-electron chi connectivity index (χ4n) is 3.89. The zero-order valence-corrected chi connectivity index (χ0v) is 19.5. The Morgan fingerprint density at radius 1 is 1.21 bits per heavy atom. The first-order valence-corrected chi connectivity index (χ1v) is 11.2. The second-order valence-corrected chi connectivity index (χ2v) is 9.64. The van der Waals surface area contributed by atoms with E-state index in [0.29, 0.717) is 5.84 Å². The Kier molecular flexibility index (Phi) is 5.97. The van der Waals surface area contributed by atoms with Gasteiger partial charge in [0, 0.05) is 35.7 Å². The predicted molar refractivity (Wildman–Crippen MR) is 130 cm³/mol. The Morgan fingerprint density at radius 2 is 1.94 bits per heavy atom. The largest absolute Gasteiger partial charge is 0.409 e. The Bertz CT molecular complexity index is 1200. The number of aryl methyl sites for hydroxylation is 1. The number of amides is 1. The van der Waals surface area contributed by atoms with Crippen LogP contribution in [0, 0.1) is 18.3 Å². The first kappa shape index (κ1) is 22.6. The van der Waals surface area contributed by atoms with Gasteiger partial charge in [0.1, 0.15) is 11.7 Å². The maximum Gasteiger partial charge on any atom is 0.229 e. The third-order valence-electron chi connectivity index (χ3n) is 6.12. The minimum Gasteiger partial charge on any atom is -0.409 e. The van der Waals surface area contributed by atoms with Crippen LogP contribution in [0.15, 0.2) is 41.7 Å². The molecule has 4 N–H and O–H groups in total. The van der Waals surface area contributed by atoms with Crippen LogP contribution in [0.4, 0.5) is 11.5 Å². The molecule has 1 amide bonds. The number of imidazole rings is 1. The summed E-state index contributed by atoms with van der Waals surface area (Å²) in [6.45, 7) is 9.23. The highest BCUT2D eigenvalue weighted by Crippen LogP contribution is 2.28. The quantitative estimate of drug-likeness (QED) is 0.242. The molecule has 9 nitrogen and oxygen atoms in total. The Morgan fingerprint density at radius 3 is 2.61 bits per heavy atom. The van der Waals surface area contributed by atoms with E-state index in [9.17, 15) is 4.79 Å². The summed E-state index contributed by atoms with van der Waals surface area (Å²) >= 11 is 0. The molecule has 3 heterocycles. The van der Waals surface area contributed by atoms with E-state index in [1.807, 2.05) is 64.2 Å². The van der Waals surface area contributed by atoms with E-state index in [4.69, 9.17) is 21.0 Å². The molecule has 2 aromatic heterocycles. The molecule has 0 radical (unpaired) electrons. The number of nitrogens with two attached hydrogens (primary N) is 1. The van der Waals surface area contributed by atoms with Crippen LogP contribution in [-0.2, 0) is 4.79 Å². The molecular formula is C24H31N7O2. The van der Waals surface area contributed by atoms with Gasteiger partial charge >= 0.3 is 0 Å². The number of rotatable bonds is 4. The van der Waals surface area contributed by atoms with Crippen molar-refractivity contribution in [3.05, 3.63) is 42.1 Å². The molecule has 174 valence electrons. The van der Waals surface area contributed by atoms with Gasteiger partial charge in [0.25, 0.3) is 0 Å². The van der Waals surface area contributed by atoms with Crippen molar-refractivity contribution in [2.75, 3.05) is 23.3 Å². The van der Waals surface area contributed by atoms with E-state index in [0.717, 1.165) is 59.9 Å². The number of anilines is 2. The average Bonchev–Trinajstić information content (AvgIpc) is 3.23. The van der Waals surface area contributed by atoms with Crippen molar-refractivity contribution >= 4 is 28.9 Å². The lowest BCUT2D eigenvalue weighted by Gasteiger charge is -2.31. The zero-order chi connectivity index (χ0) is 23.8. The molecule has 9 heteroatoms. The SMILES string of the molecule is Cc1ccc(-c2cn3nc(N4CCC(/C(N)=N\O)CC4)ccc3n2)cc1NC(=O)C(C)(C)C. The van der Waals surface area contributed by atoms with Crippen molar-refractivity contribution in [3.63, 3.8) is 0 Å². The maximum absolute atomic E-state index is 12.5. The standard InChI is InChI=1S/C24H31N7O2/c1-15-5-6-17(13-18(15)27-23(32)24(2,3)4)19-14-31-20(26-19)7-8-21(28-31)30-11-9-16(10-12-30)22(25)29-33/h5-8,13-14,16,33H,9-12H2,1-4H3,(H2,25,29)(H,27,32). The lowest BCUT2D eigenvalue weighted by atomic mass is 9.95. The van der Waals surface area contributed by atoms with Crippen LogP contribution >= 0.6 is 0 Å². The van der Waals surface area contributed by atoms with Crippen LogP contribution < -0.4 is 16.0 Å². The molecule has 0 unspecified atom stereocenters. The van der Waals surface area contributed by atoms with Crippen LogP contribution in [0.2, 0.25) is 0 Å². The van der Waals surface area contributed by atoms with Gasteiger partial charge in [-0.15, -0.1) is 5.10 Å². The van der Waals surface area contributed by atoms with E-state index >= 15 is 0 Å². The van der Waals surface area contributed by atoms with Gasteiger partial charge in [-0.25, -0.2) is 9.50 Å². The van der Waals surface area contributed by atoms with Gasteiger partial charge in [-0.3, -0.25) is 4.79 Å². The van der Waals surface area contributed by atoms with E-state index < -0.39 is 5.41 Å². The maximum atomic E-state index is 12.5. The number of hydrogen-bond acceptors (Lipinski definition) is 6. The number of nitrogens with one attached hydrogen (secondary N) is 1. The Labute approximate surface area is 193 Å². The zero-order valence-electron chi connectivity index (χ0n) is 19.5. The minimum absolute atomic E-state index is 0.0279. The number of carbonyl (C=O) groups is 1. The molecule has 1 saturated heterocycles. The summed E-state index contributed by atoms with van der Waals surface area (Å²) in [7, 11) is 0. The predicted octanol–water partition coefficient (Wildman–Crippen LogP) is 3.65. The van der Waals surface area contributed by atoms with E-state index in [-0.39, 0.29) is 11.8 Å². The van der Waals surface area contributed by atoms with Crippen LogP contribution in [0.1, 0.15) is 39.2 Å². The van der Waals surface area contributed by atoms with Gasteiger partial charge in [0.2, 0.25) is 5.91 Å². The third-order valence-corrected chi connectivity index (χ3v) is 6.12. The summed E-state index contributed by atoms with van der Waals surface area (Å²) in [6.07, 6.45) is 3.54. The number of piperidine rings is 1. The van der Waals surface area contributed by atoms with Crippen LogP contribution in [0.5, 0.6) is 0 Å². The van der Waals surface area contributed by atoms with Crippen LogP contribution in [0.25, 0.3) is 16.9 Å². The number of fused-ring (bicyclic) bond motifs is 1. The summed E-state index contributed by atoms with van der Waals surface area (Å²) in [6, 6.07) is 9.88. The third kappa shape index (κ3) is 4.76. The molecule has 0 bridgehead atoms. The minimum atomic E-state index is -0.475. The summed E-state index contributed by atoms with van der Waals surface area (Å²) in [5.41, 5.74) is 9.52. The van der Waals surface area contributed by atoms with Crippen molar-refractivity contribution in [2.45, 2.75) is 40.5 Å². The van der Waals surface area contributed by atoms with Gasteiger partial charge in [-0.1, -0.05) is 38.1 Å². The normalized spacial score (nSPS) is 15.8. The molecular weight excluding hydrogens is 418 g/mol. The topological polar surface area (TPSA) is 121 Å². The van der Waals surface area contributed by atoms with Crippen molar-refractivity contribution in [1.29, 1.82) is 0 Å². The number of oxime groups is 1. The van der Waals surface area contributed by atoms with Gasteiger partial charge in [0.15, 0.2) is 5.65 Å². The van der Waals surface area contributed by atoms with Crippen molar-refractivity contribution in [1.82, 2.24) is 14.6 Å². The second-order valence-electron chi connectivity index (χ2n) is 9.64. The van der Waals surface area contributed by atoms with E-state index in [1.165, 1.54) is 0 Å². The number of carbonyl (C=O) groups excluding carboxylic acids is 1. The monoisotopic (exact) mass is 449 g/mol. The van der Waals surface area contributed by atoms with Crippen molar-refractivity contribution < 1.29 is 10.0 Å². The summed E-state index contributed by atoms with van der Waals surface area (Å²) < 4.78 is 1.79. The average molecular weight is 450 g/mol. The summed E-state index contributed by atoms with van der Waals surface area (Å²) in [5.74, 6) is 1.24. The van der Waals surface area contributed by atoms with Crippen LogP contribution in [0.3, 0.4) is 0 Å². The number of benzene rings is 1. The lowest BCUT2D eigenvalue weighted by Crippen LogP contribution is -2.39. The number of hydrogen-bond donors (Lipinski definition) is 3. The summed E-state index contributed by atoms with van der Waals surface area (Å²) in [4.78, 5) is 19.4. The molecule has 1 aliphatic rings. The molecule has 4 rings (SSSR count). The van der Waals surface area contributed by atoms with Gasteiger partial charge < -0.3 is 21.2 Å². The highest BCUT2D eigenvalue weighted by molar-refractivity contribution is 5.95. The highest BCUT2D eigenvalue weighted by Gasteiger charge is 2.24. The van der Waals surface area contributed by atoms with Gasteiger partial charge in [0.05, 0.1) is 11.9 Å². The molecule has 0 atom stereocenters. The van der Waals surface area contributed by atoms with E-state index in [1.54, 1.807) is 4.52 Å². The van der Waals surface area contributed by atoms with Gasteiger partial charge in [-0.05, 0) is 43.5 Å². The molecule has 0 spiro atoms. The van der Waals surface area contributed by atoms with E-state index in [2.05, 4.69) is 15.4 Å². The smallest absolute Gasteiger partial charge is 0.229 e. The first-order chi connectivity index (χ1) is 15.7. The van der Waals surface area contributed by atoms with Gasteiger partial charge in [-0.2, -0.15) is 0 Å². The fourth-order valence-corrected chi connectivity index (χ4v) is 3.89. The molecule has 3 aromatic rings. The number of amidine groups is 1. The molecule has 0 saturated carbocycles. The Hall–Kier alpha value is -3.62. The highest BCUT2D eigenvalue weighted by atomic mass is 16.4. The molecule has 1 aliphatic heterocycles. The van der Waals surface area contributed by atoms with Crippen molar-refractivity contribution in [2.24, 2.45) is 22.2 Å². The molecule has 1 aromatic carbocycles. The summed E-state index contributed by atoms with van der Waals surface area (Å²) in [5, 5.41) is 19.8. The number of nitrogens with zero attached hydrogens (tertiary/aromatic N) is 5. The lowest BCUT2D eigenvalue weighted by molar-refractivity contribution is -0.123. The first-order valence-electron chi connectivity index (χ1n) is 11.2. The van der Waals surface area contributed by atoms with Crippen LogP contribution in [-0.4, -0.2) is 44.6 Å². The molecule has 1 fully saturated rings. The molecule has 0 aliphatic carbocycles.